The average molecular weight is 463 g/mol. The number of amides is 1. The van der Waals surface area contributed by atoms with E-state index in [4.69, 9.17) is 0 Å². The summed E-state index contributed by atoms with van der Waals surface area (Å²) in [6.45, 7) is 1.67. The highest BCUT2D eigenvalue weighted by Gasteiger charge is 2.32. The standard InChI is InChI=1S/C22H18FN7O4/c1-11(16(15-9-25-29-19(15)23)14-6-4-3-5-12(14)7-24)20-28-17(18(31)22(33)30(20)2)21(32)27-13-8-26-34-10-13/h3-6,8-11,16,31H,1-2H3,(H,25,29)(H,27,32). The zero-order chi connectivity index (χ0) is 24.4. The Balaban J connectivity index is 1.87. The number of H-pyrrole nitrogens is 1. The van der Waals surface area contributed by atoms with Gasteiger partial charge in [-0.25, -0.2) is 4.98 Å². The molecule has 0 aliphatic heterocycles. The zero-order valence-corrected chi connectivity index (χ0v) is 18.0. The van der Waals surface area contributed by atoms with Crippen molar-refractivity contribution >= 4 is 11.6 Å². The van der Waals surface area contributed by atoms with Gasteiger partial charge in [-0.3, -0.25) is 19.3 Å². The van der Waals surface area contributed by atoms with E-state index in [-0.39, 0.29) is 17.1 Å². The van der Waals surface area contributed by atoms with Gasteiger partial charge in [0, 0.05) is 24.4 Å². The third-order valence-electron chi connectivity index (χ3n) is 5.49. The first-order valence-electron chi connectivity index (χ1n) is 10.0. The van der Waals surface area contributed by atoms with Crippen molar-refractivity contribution in [3.8, 4) is 11.8 Å². The monoisotopic (exact) mass is 463 g/mol. The lowest BCUT2D eigenvalue weighted by Gasteiger charge is -2.26. The first kappa shape index (κ1) is 22.4. The van der Waals surface area contributed by atoms with Gasteiger partial charge in [-0.05, 0) is 11.6 Å². The Kier molecular flexibility index (Phi) is 5.92. The number of anilines is 1. The maximum Gasteiger partial charge on any atom is 0.296 e. The van der Waals surface area contributed by atoms with E-state index < -0.39 is 40.7 Å². The van der Waals surface area contributed by atoms with Crippen molar-refractivity contribution in [2.24, 2.45) is 7.05 Å². The summed E-state index contributed by atoms with van der Waals surface area (Å²) < 4.78 is 20.4. The summed E-state index contributed by atoms with van der Waals surface area (Å²) in [5, 5.41) is 31.8. The van der Waals surface area contributed by atoms with Crippen molar-refractivity contribution in [2.45, 2.75) is 18.8 Å². The van der Waals surface area contributed by atoms with Gasteiger partial charge in [0.15, 0.2) is 5.69 Å². The van der Waals surface area contributed by atoms with Crippen molar-refractivity contribution < 1.29 is 18.8 Å². The number of nitriles is 1. The lowest BCUT2D eigenvalue weighted by molar-refractivity contribution is 0.101. The van der Waals surface area contributed by atoms with Crippen molar-refractivity contribution in [1.29, 1.82) is 5.26 Å². The summed E-state index contributed by atoms with van der Waals surface area (Å²) in [5.41, 5.74) is -0.265. The van der Waals surface area contributed by atoms with Crippen LogP contribution in [-0.2, 0) is 7.05 Å². The molecule has 0 saturated carbocycles. The molecule has 0 spiro atoms. The Morgan fingerprint density at radius 2 is 2.09 bits per heavy atom. The van der Waals surface area contributed by atoms with Crippen molar-refractivity contribution in [1.82, 2.24) is 24.9 Å². The number of halogens is 1. The van der Waals surface area contributed by atoms with Gasteiger partial charge in [-0.15, -0.1) is 0 Å². The molecule has 0 fully saturated rings. The quantitative estimate of drug-likeness (QED) is 0.392. The minimum Gasteiger partial charge on any atom is -0.501 e. The minimum absolute atomic E-state index is 0.0802. The van der Waals surface area contributed by atoms with Crippen LogP contribution < -0.4 is 10.9 Å². The molecule has 2 unspecified atom stereocenters. The lowest BCUT2D eigenvalue weighted by Crippen LogP contribution is -2.29. The van der Waals surface area contributed by atoms with Crippen molar-refractivity contribution in [3.05, 3.63) is 87.4 Å². The Morgan fingerprint density at radius 3 is 2.74 bits per heavy atom. The fourth-order valence-corrected chi connectivity index (χ4v) is 3.85. The highest BCUT2D eigenvalue weighted by atomic mass is 19.1. The molecular weight excluding hydrogens is 445 g/mol. The van der Waals surface area contributed by atoms with Gasteiger partial charge < -0.3 is 14.9 Å². The van der Waals surface area contributed by atoms with E-state index in [9.17, 15) is 24.3 Å². The molecule has 3 N–H and O–H groups in total. The summed E-state index contributed by atoms with van der Waals surface area (Å²) in [6, 6.07) is 8.74. The molecule has 0 bridgehead atoms. The fourth-order valence-electron chi connectivity index (χ4n) is 3.85. The number of carbonyl (C=O) groups excluding carboxylic acids is 1. The minimum atomic E-state index is -0.868. The van der Waals surface area contributed by atoms with E-state index in [0.717, 1.165) is 10.8 Å². The number of carbonyl (C=O) groups is 1. The Morgan fingerprint density at radius 1 is 1.32 bits per heavy atom. The summed E-state index contributed by atoms with van der Waals surface area (Å²) in [7, 11) is 1.38. The molecule has 12 heteroatoms. The first-order valence-corrected chi connectivity index (χ1v) is 10.0. The summed E-state index contributed by atoms with van der Waals surface area (Å²) in [6.07, 6.45) is 3.69. The van der Waals surface area contributed by atoms with Crippen LogP contribution >= 0.6 is 0 Å². The van der Waals surface area contributed by atoms with Crippen LogP contribution in [0.15, 0.2) is 52.2 Å². The molecule has 3 heterocycles. The normalized spacial score (nSPS) is 12.6. The third-order valence-corrected chi connectivity index (χ3v) is 5.49. The maximum atomic E-state index is 14.7. The second-order valence-corrected chi connectivity index (χ2v) is 7.50. The van der Waals surface area contributed by atoms with E-state index in [1.165, 1.54) is 19.4 Å². The van der Waals surface area contributed by atoms with Gasteiger partial charge >= 0.3 is 0 Å². The number of aromatic hydroxyl groups is 1. The number of aromatic amines is 1. The van der Waals surface area contributed by atoms with E-state index in [0.29, 0.717) is 11.1 Å². The summed E-state index contributed by atoms with van der Waals surface area (Å²) in [5.74, 6) is -3.88. The molecule has 34 heavy (non-hydrogen) atoms. The molecule has 0 aliphatic rings. The largest absolute Gasteiger partial charge is 0.501 e. The fraction of sp³-hybridized carbons (Fsp3) is 0.182. The Hall–Kier alpha value is -4.79. The first-order chi connectivity index (χ1) is 16.3. The molecule has 2 atom stereocenters. The van der Waals surface area contributed by atoms with Gasteiger partial charge in [-0.2, -0.15) is 14.8 Å². The van der Waals surface area contributed by atoms with Crippen LogP contribution in [0.1, 0.15) is 51.8 Å². The van der Waals surface area contributed by atoms with E-state index in [1.54, 1.807) is 31.2 Å². The Bertz CT molecular complexity index is 1450. The predicted molar refractivity (Wildman–Crippen MR) is 116 cm³/mol. The van der Waals surface area contributed by atoms with E-state index >= 15 is 0 Å². The maximum absolute atomic E-state index is 14.7. The van der Waals surface area contributed by atoms with Gasteiger partial charge in [0.25, 0.3) is 11.5 Å². The third kappa shape index (κ3) is 3.90. The average Bonchev–Trinajstić information content (AvgIpc) is 3.50. The summed E-state index contributed by atoms with van der Waals surface area (Å²) >= 11 is 0. The molecule has 0 saturated heterocycles. The highest BCUT2D eigenvalue weighted by Crippen LogP contribution is 2.39. The Labute approximate surface area is 191 Å². The van der Waals surface area contributed by atoms with Gasteiger partial charge in [-0.1, -0.05) is 30.3 Å². The number of nitrogens with zero attached hydrogens (tertiary/aromatic N) is 5. The molecule has 172 valence electrons. The van der Waals surface area contributed by atoms with Crippen molar-refractivity contribution in [2.75, 3.05) is 5.32 Å². The number of rotatable bonds is 6. The lowest BCUT2D eigenvalue weighted by atomic mass is 9.80. The van der Waals surface area contributed by atoms with Crippen LogP contribution in [0, 0.1) is 17.3 Å². The van der Waals surface area contributed by atoms with Crippen LogP contribution in [0.5, 0.6) is 5.75 Å². The summed E-state index contributed by atoms with van der Waals surface area (Å²) in [4.78, 5) is 29.8. The van der Waals surface area contributed by atoms with Gasteiger partial charge in [0.1, 0.15) is 17.8 Å². The SMILES string of the molecule is CC(c1nc(C(=O)Nc2cnoc2)c(O)c(=O)n1C)C(c1ccccc1C#N)c1cn[nH]c1F. The van der Waals surface area contributed by atoms with Crippen LogP contribution in [-0.4, -0.2) is 35.9 Å². The number of nitrogens with one attached hydrogen (secondary N) is 2. The molecular formula is C22H18FN7O4. The van der Waals surface area contributed by atoms with Gasteiger partial charge in [0.2, 0.25) is 11.7 Å². The molecule has 0 radical (unpaired) electrons. The van der Waals surface area contributed by atoms with Crippen LogP contribution in [0.2, 0.25) is 0 Å². The highest BCUT2D eigenvalue weighted by molar-refractivity contribution is 6.04. The van der Waals surface area contributed by atoms with Crippen LogP contribution in [0.3, 0.4) is 0 Å². The topological polar surface area (TPSA) is 163 Å². The van der Waals surface area contributed by atoms with Crippen molar-refractivity contribution in [3.63, 3.8) is 0 Å². The number of hydrogen-bond donors (Lipinski definition) is 3. The second kappa shape index (κ2) is 8.99. The molecule has 0 aliphatic carbocycles. The van der Waals surface area contributed by atoms with Crippen LogP contribution in [0.4, 0.5) is 10.1 Å². The van der Waals surface area contributed by atoms with E-state index in [2.05, 4.69) is 36.2 Å². The zero-order valence-electron chi connectivity index (χ0n) is 18.0. The number of aromatic nitrogens is 5. The predicted octanol–water partition coefficient (Wildman–Crippen LogP) is 2.40. The number of hydrogen-bond acceptors (Lipinski definition) is 8. The molecule has 1 amide bonds. The van der Waals surface area contributed by atoms with Crippen LogP contribution in [0.25, 0.3) is 0 Å². The molecule has 3 aromatic heterocycles. The molecule has 1 aromatic carbocycles. The smallest absolute Gasteiger partial charge is 0.296 e. The number of benzene rings is 1. The second-order valence-electron chi connectivity index (χ2n) is 7.50. The molecule has 4 aromatic rings. The van der Waals surface area contributed by atoms with E-state index in [1.807, 2.05) is 0 Å². The molecule has 11 nitrogen and oxygen atoms in total. The molecule has 4 rings (SSSR count). The van der Waals surface area contributed by atoms with Gasteiger partial charge in [0.05, 0.1) is 24.0 Å².